The standard InChI is InChI=1S/C28H32N8O2/c1-34-15-17-35(18-16-34)22-10-8-21(9-11-22)33-28(38)25-23(12-13-31-27(25)37)32-20-6-4-19(5-7-20)26(30)36-14-2-3-24(36)29/h4-13,29-30H,2-3,14-18H2,1H3,(H,33,38)(H2,31,32,37). The monoisotopic (exact) mass is 512 g/mol. The molecule has 2 fully saturated rings. The van der Waals surface area contributed by atoms with Crippen molar-refractivity contribution in [1.82, 2.24) is 14.8 Å². The molecule has 0 atom stereocenters. The molecule has 2 saturated heterocycles. The zero-order valence-electron chi connectivity index (χ0n) is 21.4. The number of rotatable bonds is 6. The lowest BCUT2D eigenvalue weighted by atomic mass is 10.1. The van der Waals surface area contributed by atoms with E-state index in [9.17, 15) is 9.59 Å². The number of hydrogen-bond acceptors (Lipinski definition) is 7. The summed E-state index contributed by atoms with van der Waals surface area (Å²) < 4.78 is 0. The quantitative estimate of drug-likeness (QED) is 0.254. The predicted molar refractivity (Wildman–Crippen MR) is 151 cm³/mol. The van der Waals surface area contributed by atoms with E-state index in [2.05, 4.69) is 32.5 Å². The minimum Gasteiger partial charge on any atom is -0.369 e. The summed E-state index contributed by atoms with van der Waals surface area (Å²) in [5, 5.41) is 22.4. The summed E-state index contributed by atoms with van der Waals surface area (Å²) >= 11 is 0. The number of nitrogens with one attached hydrogen (secondary N) is 5. The van der Waals surface area contributed by atoms with Crippen molar-refractivity contribution in [3.05, 3.63) is 82.3 Å². The van der Waals surface area contributed by atoms with Gasteiger partial charge in [0.1, 0.15) is 17.2 Å². The molecule has 2 aromatic carbocycles. The van der Waals surface area contributed by atoms with Crippen LogP contribution in [0.5, 0.6) is 0 Å². The number of amides is 1. The molecule has 5 N–H and O–H groups in total. The molecular formula is C28H32N8O2. The molecule has 2 aliphatic heterocycles. The molecule has 0 spiro atoms. The molecule has 10 heteroatoms. The molecule has 0 saturated carbocycles. The molecule has 2 aliphatic rings. The Hall–Kier alpha value is -4.44. The third kappa shape index (κ3) is 5.45. The molecule has 10 nitrogen and oxygen atoms in total. The molecule has 3 aromatic rings. The molecule has 5 rings (SSSR count). The van der Waals surface area contributed by atoms with Crippen molar-refractivity contribution in [2.75, 3.05) is 55.3 Å². The molecule has 0 aliphatic carbocycles. The van der Waals surface area contributed by atoms with E-state index >= 15 is 0 Å². The highest BCUT2D eigenvalue weighted by Gasteiger charge is 2.22. The number of amidine groups is 2. The van der Waals surface area contributed by atoms with Gasteiger partial charge in [0.25, 0.3) is 11.5 Å². The maximum absolute atomic E-state index is 13.1. The fourth-order valence-corrected chi connectivity index (χ4v) is 4.77. The Bertz CT molecular complexity index is 1390. The Kier molecular flexibility index (Phi) is 7.23. The second kappa shape index (κ2) is 10.9. The Morgan fingerprint density at radius 1 is 0.921 bits per heavy atom. The maximum atomic E-state index is 13.1. The molecule has 0 bridgehead atoms. The summed E-state index contributed by atoms with van der Waals surface area (Å²) in [7, 11) is 2.12. The summed E-state index contributed by atoms with van der Waals surface area (Å²) in [6, 6.07) is 16.5. The van der Waals surface area contributed by atoms with E-state index in [0.29, 0.717) is 47.3 Å². The van der Waals surface area contributed by atoms with Crippen LogP contribution in [0.2, 0.25) is 0 Å². The van der Waals surface area contributed by atoms with Crippen LogP contribution in [0.3, 0.4) is 0 Å². The largest absolute Gasteiger partial charge is 0.369 e. The van der Waals surface area contributed by atoms with Crippen LogP contribution in [0.25, 0.3) is 0 Å². The van der Waals surface area contributed by atoms with E-state index in [-0.39, 0.29) is 5.56 Å². The summed E-state index contributed by atoms with van der Waals surface area (Å²) in [6.07, 6.45) is 3.07. The minimum atomic E-state index is -0.507. The van der Waals surface area contributed by atoms with E-state index in [4.69, 9.17) is 10.8 Å². The van der Waals surface area contributed by atoms with Crippen molar-refractivity contribution in [1.29, 1.82) is 10.8 Å². The SMILES string of the molecule is CN1CCN(c2ccc(NC(=O)c3c(Nc4ccc(C(=N)N5CCCC5=N)cc4)cc[nH]c3=O)cc2)CC1. The molecular weight excluding hydrogens is 480 g/mol. The van der Waals surface area contributed by atoms with Gasteiger partial charge in [-0.2, -0.15) is 0 Å². The van der Waals surface area contributed by atoms with Gasteiger partial charge < -0.3 is 30.3 Å². The molecule has 1 amide bonds. The number of aromatic amines is 1. The van der Waals surface area contributed by atoms with Crippen molar-refractivity contribution in [2.24, 2.45) is 0 Å². The minimum absolute atomic E-state index is 0.0158. The Morgan fingerprint density at radius 2 is 1.61 bits per heavy atom. The Labute approximate surface area is 221 Å². The number of anilines is 4. The predicted octanol–water partition coefficient (Wildman–Crippen LogP) is 3.52. The molecule has 196 valence electrons. The van der Waals surface area contributed by atoms with Gasteiger partial charge >= 0.3 is 0 Å². The lowest BCUT2D eigenvalue weighted by molar-refractivity contribution is 0.102. The zero-order chi connectivity index (χ0) is 26.6. The first-order chi connectivity index (χ1) is 18.4. The van der Waals surface area contributed by atoms with Crippen molar-refractivity contribution in [2.45, 2.75) is 12.8 Å². The number of nitrogens with zero attached hydrogens (tertiary/aromatic N) is 3. The van der Waals surface area contributed by atoms with Crippen LogP contribution in [0.4, 0.5) is 22.7 Å². The first kappa shape index (κ1) is 25.2. The fraction of sp³-hybridized carbons (Fsp3) is 0.286. The van der Waals surface area contributed by atoms with Gasteiger partial charge in [0.05, 0.1) is 5.69 Å². The average molecular weight is 513 g/mol. The fourth-order valence-electron chi connectivity index (χ4n) is 4.77. The van der Waals surface area contributed by atoms with E-state index in [1.54, 1.807) is 35.2 Å². The second-order valence-electron chi connectivity index (χ2n) is 9.64. The normalized spacial score (nSPS) is 16.0. The van der Waals surface area contributed by atoms with Gasteiger partial charge in [0, 0.05) is 68.0 Å². The molecule has 0 radical (unpaired) electrons. The van der Waals surface area contributed by atoms with E-state index in [0.717, 1.165) is 38.3 Å². The van der Waals surface area contributed by atoms with Crippen LogP contribution < -0.4 is 21.1 Å². The van der Waals surface area contributed by atoms with Crippen LogP contribution in [0.1, 0.15) is 28.8 Å². The number of pyridine rings is 1. The van der Waals surface area contributed by atoms with Crippen molar-refractivity contribution in [3.63, 3.8) is 0 Å². The zero-order valence-corrected chi connectivity index (χ0v) is 21.4. The lowest BCUT2D eigenvalue weighted by Gasteiger charge is -2.34. The van der Waals surface area contributed by atoms with Gasteiger partial charge in [0.2, 0.25) is 0 Å². The van der Waals surface area contributed by atoms with Crippen molar-refractivity contribution < 1.29 is 4.79 Å². The van der Waals surface area contributed by atoms with E-state index < -0.39 is 11.5 Å². The first-order valence-corrected chi connectivity index (χ1v) is 12.8. The third-order valence-corrected chi connectivity index (χ3v) is 7.01. The summed E-state index contributed by atoms with van der Waals surface area (Å²) in [5.74, 6) is 0.256. The average Bonchev–Trinajstić information content (AvgIpc) is 3.35. The van der Waals surface area contributed by atoms with Gasteiger partial charge in [-0.05, 0) is 68.1 Å². The molecule has 0 unspecified atom stereocenters. The molecule has 38 heavy (non-hydrogen) atoms. The van der Waals surface area contributed by atoms with Gasteiger partial charge in [0.15, 0.2) is 0 Å². The van der Waals surface area contributed by atoms with Crippen LogP contribution in [0, 0.1) is 10.8 Å². The number of piperazine rings is 1. The summed E-state index contributed by atoms with van der Waals surface area (Å²) in [5.41, 5.74) is 2.96. The van der Waals surface area contributed by atoms with Gasteiger partial charge in [-0.1, -0.05) is 0 Å². The molecule has 1 aromatic heterocycles. The number of likely N-dealkylation sites (tertiary alicyclic amines) is 1. The van der Waals surface area contributed by atoms with Crippen molar-refractivity contribution >= 4 is 40.3 Å². The number of H-pyrrole nitrogens is 1. The highest BCUT2D eigenvalue weighted by Crippen LogP contribution is 2.23. The van der Waals surface area contributed by atoms with Crippen molar-refractivity contribution in [3.8, 4) is 0 Å². The maximum Gasteiger partial charge on any atom is 0.263 e. The van der Waals surface area contributed by atoms with Gasteiger partial charge in [-0.3, -0.25) is 20.4 Å². The lowest BCUT2D eigenvalue weighted by Crippen LogP contribution is -2.44. The third-order valence-electron chi connectivity index (χ3n) is 7.01. The highest BCUT2D eigenvalue weighted by molar-refractivity contribution is 6.09. The first-order valence-electron chi connectivity index (χ1n) is 12.8. The van der Waals surface area contributed by atoms with Crippen LogP contribution in [-0.4, -0.2) is 72.1 Å². The number of likely N-dealkylation sites (N-methyl/N-ethyl adjacent to an activating group) is 1. The number of hydrogen-bond donors (Lipinski definition) is 5. The Balaban J connectivity index is 1.28. The number of benzene rings is 2. The summed E-state index contributed by atoms with van der Waals surface area (Å²) in [6.45, 7) is 4.63. The van der Waals surface area contributed by atoms with Crippen LogP contribution in [-0.2, 0) is 0 Å². The number of carbonyl (C=O) groups excluding carboxylic acids is 1. The van der Waals surface area contributed by atoms with Crippen LogP contribution >= 0.6 is 0 Å². The summed E-state index contributed by atoms with van der Waals surface area (Å²) in [4.78, 5) is 34.7. The van der Waals surface area contributed by atoms with Gasteiger partial charge in [-0.15, -0.1) is 0 Å². The number of carbonyl (C=O) groups is 1. The smallest absolute Gasteiger partial charge is 0.263 e. The topological polar surface area (TPSA) is 131 Å². The Morgan fingerprint density at radius 3 is 2.26 bits per heavy atom. The number of aromatic nitrogens is 1. The van der Waals surface area contributed by atoms with E-state index in [1.807, 2.05) is 24.3 Å². The highest BCUT2D eigenvalue weighted by atomic mass is 16.2. The van der Waals surface area contributed by atoms with Gasteiger partial charge in [-0.25, -0.2) is 0 Å². The second-order valence-corrected chi connectivity index (χ2v) is 9.64. The van der Waals surface area contributed by atoms with Crippen LogP contribution in [0.15, 0.2) is 65.6 Å². The molecule has 3 heterocycles. The van der Waals surface area contributed by atoms with E-state index in [1.165, 1.54) is 6.20 Å².